The molecule has 0 bridgehead atoms. The van der Waals surface area contributed by atoms with Gasteiger partial charge in [0.15, 0.2) is 28.2 Å². The van der Waals surface area contributed by atoms with E-state index in [2.05, 4.69) is 20.3 Å². The molecule has 0 radical (unpaired) electrons. The van der Waals surface area contributed by atoms with Gasteiger partial charge in [-0.05, 0) is 43.2 Å². The van der Waals surface area contributed by atoms with Crippen molar-refractivity contribution in [3.63, 3.8) is 0 Å². The first-order chi connectivity index (χ1) is 15.0. The van der Waals surface area contributed by atoms with Crippen molar-refractivity contribution >= 4 is 17.7 Å². The van der Waals surface area contributed by atoms with Crippen LogP contribution < -0.4 is 14.8 Å². The number of benzene rings is 1. The molecular formula is C20H22F2N4O4S. The molecular weight excluding hydrogens is 430 g/mol. The summed E-state index contributed by atoms with van der Waals surface area (Å²) in [6.45, 7) is -0.00832. The predicted molar refractivity (Wildman–Crippen MR) is 110 cm³/mol. The van der Waals surface area contributed by atoms with Gasteiger partial charge in [0.1, 0.15) is 0 Å². The SMILES string of the molecule is CCn1c(SCC(=O)NCCc2ccc(OC)c(OC(F)F)c2)nnc1-c1ccco1. The van der Waals surface area contributed by atoms with Crippen LogP contribution >= 0.6 is 11.8 Å². The smallest absolute Gasteiger partial charge is 0.387 e. The van der Waals surface area contributed by atoms with Crippen LogP contribution in [0.4, 0.5) is 8.78 Å². The molecule has 0 saturated carbocycles. The number of nitrogens with zero attached hydrogens (tertiary/aromatic N) is 3. The van der Waals surface area contributed by atoms with Crippen molar-refractivity contribution in [1.29, 1.82) is 0 Å². The second-order valence-corrected chi connectivity index (χ2v) is 7.22. The van der Waals surface area contributed by atoms with Gasteiger partial charge >= 0.3 is 6.61 Å². The fourth-order valence-electron chi connectivity index (χ4n) is 2.86. The second-order valence-electron chi connectivity index (χ2n) is 6.28. The van der Waals surface area contributed by atoms with Gasteiger partial charge in [0, 0.05) is 13.1 Å². The zero-order valence-corrected chi connectivity index (χ0v) is 17.8. The summed E-state index contributed by atoms with van der Waals surface area (Å²) >= 11 is 1.27. The number of nitrogens with one attached hydrogen (secondary N) is 1. The Balaban J connectivity index is 1.50. The van der Waals surface area contributed by atoms with E-state index in [0.717, 1.165) is 5.56 Å². The van der Waals surface area contributed by atoms with Crippen LogP contribution in [0.15, 0.2) is 46.2 Å². The first kappa shape index (κ1) is 22.6. The lowest BCUT2D eigenvalue weighted by molar-refractivity contribution is -0.118. The summed E-state index contributed by atoms with van der Waals surface area (Å²) in [5.41, 5.74) is 0.734. The minimum atomic E-state index is -2.95. The van der Waals surface area contributed by atoms with Crippen LogP contribution in [0, 0.1) is 0 Å². The monoisotopic (exact) mass is 452 g/mol. The lowest BCUT2D eigenvalue weighted by atomic mass is 10.1. The number of thioether (sulfide) groups is 1. The highest BCUT2D eigenvalue weighted by atomic mass is 32.2. The predicted octanol–water partition coefficient (Wildman–Crippen LogP) is 3.62. The van der Waals surface area contributed by atoms with Crippen LogP contribution in [0.5, 0.6) is 11.5 Å². The highest BCUT2D eigenvalue weighted by Gasteiger charge is 2.16. The van der Waals surface area contributed by atoms with Crippen LogP contribution in [0.2, 0.25) is 0 Å². The molecule has 0 fully saturated rings. The molecule has 2 heterocycles. The Labute approximate surface area is 181 Å². The first-order valence-corrected chi connectivity index (χ1v) is 10.5. The maximum absolute atomic E-state index is 12.5. The van der Waals surface area contributed by atoms with Crippen LogP contribution in [0.3, 0.4) is 0 Å². The molecule has 1 aromatic carbocycles. The maximum atomic E-state index is 12.5. The molecule has 1 N–H and O–H groups in total. The summed E-state index contributed by atoms with van der Waals surface area (Å²) in [6.07, 6.45) is 2.02. The average molecular weight is 452 g/mol. The number of carbonyl (C=O) groups is 1. The minimum Gasteiger partial charge on any atom is -0.493 e. The minimum absolute atomic E-state index is 0.0388. The molecule has 0 aliphatic rings. The van der Waals surface area contributed by atoms with E-state index in [4.69, 9.17) is 9.15 Å². The Morgan fingerprint density at radius 3 is 2.81 bits per heavy atom. The van der Waals surface area contributed by atoms with Crippen molar-refractivity contribution in [3.8, 4) is 23.1 Å². The Morgan fingerprint density at radius 1 is 1.29 bits per heavy atom. The summed E-state index contributed by atoms with van der Waals surface area (Å²) < 4.78 is 41.8. The van der Waals surface area contributed by atoms with Gasteiger partial charge in [-0.15, -0.1) is 10.2 Å². The fraction of sp³-hybridized carbons (Fsp3) is 0.350. The number of amides is 1. The summed E-state index contributed by atoms with van der Waals surface area (Å²) in [7, 11) is 1.38. The van der Waals surface area contributed by atoms with Gasteiger partial charge in [-0.3, -0.25) is 9.36 Å². The van der Waals surface area contributed by atoms with E-state index in [1.807, 2.05) is 11.5 Å². The molecule has 0 atom stereocenters. The number of ether oxygens (including phenoxy) is 2. The standard InChI is InChI=1S/C20H22F2N4O4S/c1-3-26-18(15-5-4-10-29-15)24-25-20(26)31-12-17(27)23-9-8-13-6-7-14(28-2)16(11-13)30-19(21)22/h4-7,10-11,19H,3,8-9,12H2,1-2H3,(H,23,27). The molecule has 2 aromatic heterocycles. The lowest BCUT2D eigenvalue weighted by Gasteiger charge is -2.12. The third-order valence-electron chi connectivity index (χ3n) is 4.29. The maximum Gasteiger partial charge on any atom is 0.387 e. The largest absolute Gasteiger partial charge is 0.493 e. The van der Waals surface area contributed by atoms with Crippen LogP contribution in [-0.4, -0.2) is 46.7 Å². The number of halogens is 2. The Bertz CT molecular complexity index is 995. The van der Waals surface area contributed by atoms with Gasteiger partial charge in [0.25, 0.3) is 0 Å². The van der Waals surface area contributed by atoms with E-state index in [0.29, 0.717) is 36.3 Å². The molecule has 11 heteroatoms. The Morgan fingerprint density at radius 2 is 2.13 bits per heavy atom. The normalized spacial score (nSPS) is 11.0. The molecule has 0 aliphatic heterocycles. The van der Waals surface area contributed by atoms with Crippen molar-refractivity contribution in [2.45, 2.75) is 31.7 Å². The molecule has 3 rings (SSSR count). The lowest BCUT2D eigenvalue weighted by Crippen LogP contribution is -2.27. The number of carbonyl (C=O) groups excluding carboxylic acids is 1. The van der Waals surface area contributed by atoms with Crippen LogP contribution in [0.25, 0.3) is 11.6 Å². The molecule has 0 unspecified atom stereocenters. The highest BCUT2D eigenvalue weighted by Crippen LogP contribution is 2.29. The number of rotatable bonds is 11. The summed E-state index contributed by atoms with van der Waals surface area (Å²) in [5.74, 6) is 1.39. The number of methoxy groups -OCH3 is 1. The fourth-order valence-corrected chi connectivity index (χ4v) is 3.69. The van der Waals surface area contributed by atoms with Crippen molar-refractivity contribution in [1.82, 2.24) is 20.1 Å². The molecule has 0 saturated heterocycles. The van der Waals surface area contributed by atoms with Gasteiger partial charge in [0.05, 0.1) is 19.1 Å². The van der Waals surface area contributed by atoms with E-state index in [-0.39, 0.29) is 23.2 Å². The zero-order chi connectivity index (χ0) is 22.2. The number of aromatic nitrogens is 3. The number of alkyl halides is 2. The molecule has 8 nitrogen and oxygen atoms in total. The number of furan rings is 1. The third-order valence-corrected chi connectivity index (χ3v) is 5.25. The van der Waals surface area contributed by atoms with E-state index in [1.165, 1.54) is 24.9 Å². The zero-order valence-electron chi connectivity index (χ0n) is 17.0. The molecule has 0 spiro atoms. The summed E-state index contributed by atoms with van der Waals surface area (Å²) in [6, 6.07) is 8.34. The van der Waals surface area contributed by atoms with Gasteiger partial charge < -0.3 is 19.2 Å². The molecule has 1 amide bonds. The van der Waals surface area contributed by atoms with E-state index in [9.17, 15) is 13.6 Å². The molecule has 166 valence electrons. The Hall–Kier alpha value is -3.08. The second kappa shape index (κ2) is 10.8. The summed E-state index contributed by atoms with van der Waals surface area (Å²) in [4.78, 5) is 12.2. The number of hydrogen-bond donors (Lipinski definition) is 1. The first-order valence-electron chi connectivity index (χ1n) is 9.50. The van der Waals surface area contributed by atoms with Crippen molar-refractivity contribution in [3.05, 3.63) is 42.2 Å². The number of hydrogen-bond acceptors (Lipinski definition) is 7. The van der Waals surface area contributed by atoms with Gasteiger partial charge in [-0.2, -0.15) is 8.78 Å². The third kappa shape index (κ3) is 5.97. The topological polar surface area (TPSA) is 91.4 Å². The van der Waals surface area contributed by atoms with E-state index < -0.39 is 6.61 Å². The quantitative estimate of drug-likeness (QED) is 0.444. The van der Waals surface area contributed by atoms with Gasteiger partial charge in [-0.25, -0.2) is 0 Å². The van der Waals surface area contributed by atoms with Crippen LogP contribution in [0.1, 0.15) is 12.5 Å². The summed E-state index contributed by atoms with van der Waals surface area (Å²) in [5, 5.41) is 11.7. The molecule has 0 aliphatic carbocycles. The van der Waals surface area contributed by atoms with Gasteiger partial charge in [-0.1, -0.05) is 17.8 Å². The van der Waals surface area contributed by atoms with Crippen molar-refractivity contribution in [2.24, 2.45) is 0 Å². The van der Waals surface area contributed by atoms with E-state index in [1.54, 1.807) is 30.5 Å². The molecule has 3 aromatic rings. The van der Waals surface area contributed by atoms with Gasteiger partial charge in [0.2, 0.25) is 5.91 Å². The molecule has 31 heavy (non-hydrogen) atoms. The van der Waals surface area contributed by atoms with E-state index >= 15 is 0 Å². The van der Waals surface area contributed by atoms with Crippen LogP contribution in [-0.2, 0) is 17.8 Å². The van der Waals surface area contributed by atoms with Crippen molar-refractivity contribution < 1.29 is 27.5 Å². The average Bonchev–Trinajstić information content (AvgIpc) is 3.41. The Kier molecular flexibility index (Phi) is 7.88. The van der Waals surface area contributed by atoms with Crippen molar-refractivity contribution in [2.75, 3.05) is 19.4 Å². The highest BCUT2D eigenvalue weighted by molar-refractivity contribution is 7.99.